The standard InChI is InChI=1S/C22H22O8/c1-25-16-4-10(5-17(26-2)21(16)27-3)18-11-6-14-15(30-9-29-14)7-12(11)20(23)13-8-28-22(24)19(13)18/h4-7,13,18-20,23H,8-9H2,1-3H3/t13?,18-,19?,20-/m1/s1. The van der Waals surface area contributed by atoms with Gasteiger partial charge in [0.15, 0.2) is 23.0 Å². The van der Waals surface area contributed by atoms with Crippen molar-refractivity contribution in [2.45, 2.75) is 12.0 Å². The maximum atomic E-state index is 12.7. The second-order valence-electron chi connectivity index (χ2n) is 7.54. The molecule has 0 spiro atoms. The van der Waals surface area contributed by atoms with Crippen molar-refractivity contribution in [3.8, 4) is 28.7 Å². The summed E-state index contributed by atoms with van der Waals surface area (Å²) in [6.07, 6.45) is -0.843. The van der Waals surface area contributed by atoms with Crippen LogP contribution in [0.1, 0.15) is 28.7 Å². The zero-order valence-corrected chi connectivity index (χ0v) is 16.8. The lowest BCUT2D eigenvalue weighted by molar-refractivity contribution is -0.141. The Balaban J connectivity index is 1.74. The molecule has 0 saturated carbocycles. The summed E-state index contributed by atoms with van der Waals surface area (Å²) in [4.78, 5) is 12.7. The van der Waals surface area contributed by atoms with Crippen LogP contribution in [0.5, 0.6) is 28.7 Å². The van der Waals surface area contributed by atoms with Crippen molar-refractivity contribution in [3.05, 3.63) is 41.0 Å². The number of aliphatic hydroxyl groups is 1. The molecular weight excluding hydrogens is 392 g/mol. The van der Waals surface area contributed by atoms with Gasteiger partial charge in [0.1, 0.15) is 0 Å². The fourth-order valence-electron chi connectivity index (χ4n) is 4.81. The highest BCUT2D eigenvalue weighted by Gasteiger charge is 2.52. The molecule has 1 N–H and O–H groups in total. The Labute approximate surface area is 173 Å². The summed E-state index contributed by atoms with van der Waals surface area (Å²) in [5.41, 5.74) is 2.30. The first kappa shape index (κ1) is 18.9. The SMILES string of the molecule is COc1cc([C@@H]2c3cc4c(cc3[C@@H](O)C3COC(=O)C32)OCO4)cc(OC)c1OC. The third kappa shape index (κ3) is 2.60. The van der Waals surface area contributed by atoms with E-state index in [0.717, 1.165) is 11.1 Å². The minimum atomic E-state index is -0.843. The van der Waals surface area contributed by atoms with Gasteiger partial charge in [-0.15, -0.1) is 0 Å². The molecule has 5 rings (SSSR count). The van der Waals surface area contributed by atoms with Crippen molar-refractivity contribution >= 4 is 5.97 Å². The number of methoxy groups -OCH3 is 3. The fourth-order valence-corrected chi connectivity index (χ4v) is 4.81. The number of rotatable bonds is 4. The summed E-state index contributed by atoms with van der Waals surface area (Å²) in [6.45, 7) is 0.289. The Morgan fingerprint density at radius 3 is 2.13 bits per heavy atom. The fraction of sp³-hybridized carbons (Fsp3) is 0.409. The third-order valence-corrected chi connectivity index (χ3v) is 6.19. The molecule has 8 nitrogen and oxygen atoms in total. The third-order valence-electron chi connectivity index (χ3n) is 6.19. The van der Waals surface area contributed by atoms with Crippen LogP contribution >= 0.6 is 0 Å². The van der Waals surface area contributed by atoms with E-state index >= 15 is 0 Å². The van der Waals surface area contributed by atoms with E-state index < -0.39 is 12.0 Å². The molecule has 0 amide bonds. The number of hydrogen-bond acceptors (Lipinski definition) is 8. The zero-order chi connectivity index (χ0) is 21.0. The molecule has 1 saturated heterocycles. The van der Waals surface area contributed by atoms with Gasteiger partial charge in [-0.2, -0.15) is 0 Å². The first-order valence-corrected chi connectivity index (χ1v) is 9.65. The van der Waals surface area contributed by atoms with Gasteiger partial charge in [0.25, 0.3) is 0 Å². The summed E-state index contributed by atoms with van der Waals surface area (Å²) < 4.78 is 32.9. The molecule has 4 atom stereocenters. The van der Waals surface area contributed by atoms with Gasteiger partial charge in [-0.1, -0.05) is 0 Å². The molecule has 8 heteroatoms. The van der Waals surface area contributed by atoms with Crippen molar-refractivity contribution in [2.75, 3.05) is 34.7 Å². The van der Waals surface area contributed by atoms with Crippen molar-refractivity contribution in [2.24, 2.45) is 11.8 Å². The minimum Gasteiger partial charge on any atom is -0.493 e. The van der Waals surface area contributed by atoms with Gasteiger partial charge >= 0.3 is 5.97 Å². The lowest BCUT2D eigenvalue weighted by Gasteiger charge is -2.37. The molecule has 2 aliphatic heterocycles. The van der Waals surface area contributed by atoms with Crippen molar-refractivity contribution in [3.63, 3.8) is 0 Å². The van der Waals surface area contributed by atoms with Crippen LogP contribution in [0, 0.1) is 11.8 Å². The second kappa shape index (κ2) is 6.98. The van der Waals surface area contributed by atoms with E-state index in [1.807, 2.05) is 18.2 Å². The van der Waals surface area contributed by atoms with Crippen LogP contribution in [0.2, 0.25) is 0 Å². The van der Waals surface area contributed by atoms with Crippen molar-refractivity contribution in [1.29, 1.82) is 0 Å². The molecule has 2 aromatic carbocycles. The highest BCUT2D eigenvalue weighted by Crippen LogP contribution is 2.55. The minimum absolute atomic E-state index is 0.123. The average molecular weight is 414 g/mol. The van der Waals surface area contributed by atoms with E-state index in [4.69, 9.17) is 28.4 Å². The lowest BCUT2D eigenvalue weighted by Crippen LogP contribution is -2.34. The first-order chi connectivity index (χ1) is 14.6. The van der Waals surface area contributed by atoms with Gasteiger partial charge in [0, 0.05) is 11.8 Å². The Kier molecular flexibility index (Phi) is 4.39. The number of carbonyl (C=O) groups is 1. The van der Waals surface area contributed by atoms with E-state index in [0.29, 0.717) is 34.3 Å². The predicted octanol–water partition coefficient (Wildman–Crippen LogP) is 2.41. The molecule has 0 bridgehead atoms. The number of benzene rings is 2. The maximum absolute atomic E-state index is 12.7. The van der Waals surface area contributed by atoms with Gasteiger partial charge in [-0.25, -0.2) is 0 Å². The number of cyclic esters (lactones) is 1. The molecule has 2 aromatic rings. The van der Waals surface area contributed by atoms with E-state index in [-0.39, 0.29) is 31.2 Å². The summed E-state index contributed by atoms with van der Waals surface area (Å²) in [7, 11) is 4.63. The summed E-state index contributed by atoms with van der Waals surface area (Å²) >= 11 is 0. The van der Waals surface area contributed by atoms with Crippen LogP contribution < -0.4 is 23.7 Å². The van der Waals surface area contributed by atoms with Crippen LogP contribution in [0.25, 0.3) is 0 Å². The van der Waals surface area contributed by atoms with Crippen LogP contribution in [-0.4, -0.2) is 45.8 Å². The molecule has 2 heterocycles. The number of aliphatic hydroxyl groups excluding tert-OH is 1. The quantitative estimate of drug-likeness (QED) is 0.763. The van der Waals surface area contributed by atoms with Gasteiger partial charge in [0.2, 0.25) is 12.5 Å². The molecular formula is C22H22O8. The predicted molar refractivity (Wildman–Crippen MR) is 103 cm³/mol. The monoisotopic (exact) mass is 414 g/mol. The van der Waals surface area contributed by atoms with Gasteiger partial charge in [-0.3, -0.25) is 4.79 Å². The Bertz CT molecular complexity index is 991. The molecule has 1 fully saturated rings. The van der Waals surface area contributed by atoms with Gasteiger partial charge in [0.05, 0.1) is 40.0 Å². The van der Waals surface area contributed by atoms with Crippen LogP contribution in [0.3, 0.4) is 0 Å². The van der Waals surface area contributed by atoms with E-state index in [1.54, 1.807) is 20.3 Å². The smallest absolute Gasteiger partial charge is 0.310 e. The Morgan fingerprint density at radius 2 is 1.53 bits per heavy atom. The van der Waals surface area contributed by atoms with E-state index in [1.165, 1.54) is 7.11 Å². The number of esters is 1. The molecule has 2 unspecified atom stereocenters. The van der Waals surface area contributed by atoms with Crippen LogP contribution in [0.4, 0.5) is 0 Å². The number of fused-ring (bicyclic) bond motifs is 3. The van der Waals surface area contributed by atoms with E-state index in [9.17, 15) is 9.90 Å². The number of carbonyl (C=O) groups excluding carboxylic acids is 1. The van der Waals surface area contributed by atoms with Crippen LogP contribution in [0.15, 0.2) is 24.3 Å². The highest BCUT2D eigenvalue weighted by atomic mass is 16.7. The molecule has 158 valence electrons. The maximum Gasteiger partial charge on any atom is 0.310 e. The Morgan fingerprint density at radius 1 is 0.900 bits per heavy atom. The lowest BCUT2D eigenvalue weighted by atomic mass is 9.66. The zero-order valence-electron chi connectivity index (χ0n) is 16.8. The largest absolute Gasteiger partial charge is 0.493 e. The summed E-state index contributed by atoms with van der Waals surface area (Å²) in [6, 6.07) is 7.31. The Hall–Kier alpha value is -3.13. The first-order valence-electron chi connectivity index (χ1n) is 9.65. The molecule has 1 aliphatic carbocycles. The van der Waals surface area contributed by atoms with Gasteiger partial charge < -0.3 is 33.5 Å². The van der Waals surface area contributed by atoms with E-state index in [2.05, 4.69) is 0 Å². The summed E-state index contributed by atoms with van der Waals surface area (Å²) in [5, 5.41) is 11.0. The van der Waals surface area contributed by atoms with Crippen molar-refractivity contribution in [1.82, 2.24) is 0 Å². The number of ether oxygens (including phenoxy) is 6. The normalized spacial score (nSPS) is 25.9. The van der Waals surface area contributed by atoms with Crippen molar-refractivity contribution < 1.29 is 38.3 Å². The molecule has 30 heavy (non-hydrogen) atoms. The van der Waals surface area contributed by atoms with Gasteiger partial charge in [-0.05, 0) is 41.0 Å². The molecule has 0 aromatic heterocycles. The topological polar surface area (TPSA) is 92.7 Å². The molecule has 3 aliphatic rings. The van der Waals surface area contributed by atoms with Crippen LogP contribution in [-0.2, 0) is 9.53 Å². The molecule has 0 radical (unpaired) electrons. The average Bonchev–Trinajstić information content (AvgIpc) is 3.38. The number of hydrogen-bond donors (Lipinski definition) is 1. The summed E-state index contributed by atoms with van der Waals surface area (Å²) in [5.74, 6) is 0.989. The highest BCUT2D eigenvalue weighted by molar-refractivity contribution is 5.79. The second-order valence-corrected chi connectivity index (χ2v) is 7.54.